The lowest BCUT2D eigenvalue weighted by atomic mass is 9.43. The van der Waals surface area contributed by atoms with Gasteiger partial charge in [-0.3, -0.25) is 0 Å². The van der Waals surface area contributed by atoms with Gasteiger partial charge in [-0.05, 0) is 55.4 Å². The maximum absolute atomic E-state index is 11.9. The third-order valence-corrected chi connectivity index (χ3v) is 8.30. The summed E-state index contributed by atoms with van der Waals surface area (Å²) in [4.78, 5) is 11.9. The summed E-state index contributed by atoms with van der Waals surface area (Å²) in [6.45, 7) is 7.20. The maximum Gasteiger partial charge on any atom is 0.336 e. The molecule has 0 aromatic heterocycles. The zero-order valence-corrected chi connectivity index (χ0v) is 15.8. The smallest absolute Gasteiger partial charge is 0.336 e. The average molecular weight is 366 g/mol. The van der Waals surface area contributed by atoms with Crippen molar-refractivity contribution < 1.29 is 29.6 Å². The number of aliphatic hydroxyl groups excluding tert-OH is 3. The quantitative estimate of drug-likeness (QED) is 0.517. The van der Waals surface area contributed by atoms with E-state index in [4.69, 9.17) is 9.47 Å². The summed E-state index contributed by atoms with van der Waals surface area (Å²) in [6, 6.07) is 0. The van der Waals surface area contributed by atoms with E-state index in [1.54, 1.807) is 0 Å². The second-order valence-corrected chi connectivity index (χ2v) is 9.33. The van der Waals surface area contributed by atoms with Gasteiger partial charge < -0.3 is 24.8 Å². The van der Waals surface area contributed by atoms with Crippen molar-refractivity contribution >= 4 is 5.97 Å². The normalized spacial score (nSPS) is 53.2. The Morgan fingerprint density at radius 1 is 1.27 bits per heavy atom. The summed E-state index contributed by atoms with van der Waals surface area (Å²) in [7, 11) is 0. The minimum atomic E-state index is -1.13. The van der Waals surface area contributed by atoms with Crippen LogP contribution in [0.2, 0.25) is 0 Å². The van der Waals surface area contributed by atoms with E-state index < -0.39 is 30.1 Å². The highest BCUT2D eigenvalue weighted by Gasteiger charge is 2.73. The van der Waals surface area contributed by atoms with Crippen LogP contribution < -0.4 is 0 Å². The van der Waals surface area contributed by atoms with Crippen molar-refractivity contribution in [2.75, 3.05) is 6.61 Å². The Balaban J connectivity index is 1.62. The van der Waals surface area contributed by atoms with Gasteiger partial charge in [-0.1, -0.05) is 20.8 Å². The molecule has 0 radical (unpaired) electrons. The second kappa shape index (κ2) is 5.77. The van der Waals surface area contributed by atoms with Gasteiger partial charge in [-0.2, -0.15) is 0 Å². The number of fused-ring (bicyclic) bond motifs is 2. The van der Waals surface area contributed by atoms with Gasteiger partial charge in [0.2, 0.25) is 6.29 Å². The molecule has 1 spiro atoms. The lowest BCUT2D eigenvalue weighted by Crippen LogP contribution is -2.65. The Morgan fingerprint density at radius 3 is 2.54 bits per heavy atom. The predicted octanol–water partition coefficient (Wildman–Crippen LogP) is 1.52. The molecule has 0 aromatic rings. The average Bonchev–Trinajstić information content (AvgIpc) is 3.33. The molecular formula is C20H30O6. The molecule has 2 aliphatic carbocycles. The molecule has 4 aliphatic rings. The van der Waals surface area contributed by atoms with Crippen LogP contribution in [0.5, 0.6) is 0 Å². The lowest BCUT2D eigenvalue weighted by Gasteiger charge is -2.61. The van der Waals surface area contributed by atoms with Gasteiger partial charge in [0.25, 0.3) is 0 Å². The summed E-state index contributed by atoms with van der Waals surface area (Å²) < 4.78 is 10.6. The van der Waals surface area contributed by atoms with Gasteiger partial charge in [-0.25, -0.2) is 4.79 Å². The Morgan fingerprint density at radius 2 is 1.96 bits per heavy atom. The monoisotopic (exact) mass is 366 g/mol. The van der Waals surface area contributed by atoms with Crippen LogP contribution in [0.1, 0.15) is 52.9 Å². The highest BCUT2D eigenvalue weighted by molar-refractivity contribution is 5.90. The van der Waals surface area contributed by atoms with Crippen molar-refractivity contribution in [2.24, 2.45) is 22.7 Å². The first-order chi connectivity index (χ1) is 12.1. The Kier molecular flexibility index (Phi) is 4.09. The van der Waals surface area contributed by atoms with Crippen LogP contribution in [-0.4, -0.2) is 52.0 Å². The third kappa shape index (κ3) is 2.35. The lowest BCUT2D eigenvalue weighted by molar-refractivity contribution is -0.197. The van der Waals surface area contributed by atoms with Crippen molar-refractivity contribution in [1.29, 1.82) is 0 Å². The van der Waals surface area contributed by atoms with Crippen LogP contribution in [0, 0.1) is 22.7 Å². The number of carbonyl (C=O) groups is 1. The SMILES string of the molecule is C[C@@H]1CC[C@@]2(C)[C@@H](C[C@@H](O)[C@@H](O)[C@@]23CO3)[C@@]1(C)CCC1=C[C@@H](O)OC1=O. The summed E-state index contributed by atoms with van der Waals surface area (Å²) in [6.07, 6.45) is 2.64. The topological polar surface area (TPSA) is 99.5 Å². The molecule has 0 bridgehead atoms. The van der Waals surface area contributed by atoms with Crippen LogP contribution in [0.15, 0.2) is 11.6 Å². The van der Waals surface area contributed by atoms with E-state index in [1.165, 1.54) is 6.08 Å². The van der Waals surface area contributed by atoms with E-state index in [9.17, 15) is 20.1 Å². The van der Waals surface area contributed by atoms with Crippen molar-refractivity contribution in [3.8, 4) is 0 Å². The predicted molar refractivity (Wildman–Crippen MR) is 92.8 cm³/mol. The van der Waals surface area contributed by atoms with E-state index in [0.29, 0.717) is 30.9 Å². The number of ether oxygens (including phenoxy) is 2. The van der Waals surface area contributed by atoms with E-state index in [-0.39, 0.29) is 16.7 Å². The van der Waals surface area contributed by atoms with E-state index >= 15 is 0 Å². The number of esters is 1. The number of hydrogen-bond acceptors (Lipinski definition) is 6. The van der Waals surface area contributed by atoms with Gasteiger partial charge in [0.15, 0.2) is 0 Å². The Hall–Kier alpha value is -0.950. The van der Waals surface area contributed by atoms with Gasteiger partial charge in [0, 0.05) is 11.0 Å². The highest BCUT2D eigenvalue weighted by atomic mass is 16.6. The van der Waals surface area contributed by atoms with Gasteiger partial charge >= 0.3 is 5.97 Å². The molecule has 26 heavy (non-hydrogen) atoms. The van der Waals surface area contributed by atoms with Gasteiger partial charge in [0.1, 0.15) is 11.7 Å². The van der Waals surface area contributed by atoms with Gasteiger partial charge in [0.05, 0.1) is 12.7 Å². The summed E-state index contributed by atoms with van der Waals surface area (Å²) >= 11 is 0. The molecule has 8 atom stereocenters. The number of rotatable bonds is 3. The minimum Gasteiger partial charge on any atom is -0.429 e. The van der Waals surface area contributed by atoms with Crippen LogP contribution in [0.25, 0.3) is 0 Å². The van der Waals surface area contributed by atoms with E-state index in [0.717, 1.165) is 19.3 Å². The van der Waals surface area contributed by atoms with Crippen LogP contribution in [-0.2, 0) is 14.3 Å². The molecule has 4 rings (SSSR count). The van der Waals surface area contributed by atoms with Crippen molar-refractivity contribution in [3.05, 3.63) is 11.6 Å². The summed E-state index contributed by atoms with van der Waals surface area (Å²) in [5, 5.41) is 30.6. The highest BCUT2D eigenvalue weighted by Crippen LogP contribution is 2.68. The number of cyclic esters (lactones) is 1. The number of carbonyl (C=O) groups excluding carboxylic acids is 1. The Labute approximate surface area is 154 Å². The fourth-order valence-corrected chi connectivity index (χ4v) is 6.19. The molecule has 0 amide bonds. The number of epoxide rings is 1. The summed E-state index contributed by atoms with van der Waals surface area (Å²) in [5.41, 5.74) is -0.371. The minimum absolute atomic E-state index is 0.0955. The molecule has 1 saturated heterocycles. The van der Waals surface area contributed by atoms with Crippen LogP contribution in [0.3, 0.4) is 0 Å². The largest absolute Gasteiger partial charge is 0.429 e. The molecule has 2 aliphatic heterocycles. The third-order valence-electron chi connectivity index (χ3n) is 8.30. The molecule has 6 heteroatoms. The molecule has 2 heterocycles. The second-order valence-electron chi connectivity index (χ2n) is 9.33. The number of aliphatic hydroxyl groups is 3. The first kappa shape index (κ1) is 18.4. The molecule has 146 valence electrons. The Bertz CT molecular complexity index is 640. The van der Waals surface area contributed by atoms with Crippen molar-refractivity contribution in [1.82, 2.24) is 0 Å². The molecule has 2 saturated carbocycles. The molecule has 0 unspecified atom stereocenters. The van der Waals surface area contributed by atoms with Crippen molar-refractivity contribution in [2.45, 2.75) is 77.0 Å². The fraction of sp³-hybridized carbons (Fsp3) is 0.850. The zero-order chi connectivity index (χ0) is 18.9. The van der Waals surface area contributed by atoms with Crippen molar-refractivity contribution in [3.63, 3.8) is 0 Å². The standard InChI is InChI=1S/C20H30O6/c1-11-4-7-19(3)14(9-13(21)16(23)20(19)10-25-20)18(11,2)6-5-12-8-15(22)26-17(12)24/h8,11,13-16,21-23H,4-7,9-10H2,1-3H3/t11-,13-,14+,15+,16-,18+,19+,20+/m1/s1. The molecule has 6 nitrogen and oxygen atoms in total. The maximum atomic E-state index is 11.9. The first-order valence-electron chi connectivity index (χ1n) is 9.74. The van der Waals surface area contributed by atoms with Gasteiger partial charge in [-0.15, -0.1) is 0 Å². The molecule has 3 N–H and O–H groups in total. The van der Waals surface area contributed by atoms with Crippen LogP contribution >= 0.6 is 0 Å². The fourth-order valence-electron chi connectivity index (χ4n) is 6.19. The molecule has 3 fully saturated rings. The number of hydrogen-bond donors (Lipinski definition) is 3. The summed E-state index contributed by atoms with van der Waals surface area (Å²) in [5.74, 6) is 0.192. The zero-order valence-electron chi connectivity index (χ0n) is 15.8. The molecule has 0 aromatic carbocycles. The van der Waals surface area contributed by atoms with E-state index in [1.807, 2.05) is 0 Å². The first-order valence-corrected chi connectivity index (χ1v) is 9.74. The van der Waals surface area contributed by atoms with E-state index in [2.05, 4.69) is 20.8 Å². The van der Waals surface area contributed by atoms with Crippen LogP contribution in [0.4, 0.5) is 0 Å². The molecular weight excluding hydrogens is 336 g/mol.